The highest BCUT2D eigenvalue weighted by Gasteiger charge is 2.31. The molecule has 3 aliphatic rings. The van der Waals surface area contributed by atoms with E-state index in [4.69, 9.17) is 17.0 Å². The lowest BCUT2D eigenvalue weighted by Crippen LogP contribution is -2.52. The quantitative estimate of drug-likeness (QED) is 0.623. The average molecular weight is 352 g/mol. The van der Waals surface area contributed by atoms with Crippen molar-refractivity contribution in [2.24, 2.45) is 0 Å². The van der Waals surface area contributed by atoms with Gasteiger partial charge in [0.15, 0.2) is 5.11 Å². The molecular weight excluding hydrogens is 322 g/mol. The van der Waals surface area contributed by atoms with Crippen LogP contribution >= 0.6 is 12.2 Å². The lowest BCUT2D eigenvalue weighted by Gasteiger charge is -2.40. The van der Waals surface area contributed by atoms with Gasteiger partial charge in [0.1, 0.15) is 0 Å². The SMILES string of the molecule is O=C1OCCCN1C1CCN(C(=S)NCCC2=CCCCC2)CC1. The Hall–Kier alpha value is -1.30. The topological polar surface area (TPSA) is 44.8 Å². The van der Waals surface area contributed by atoms with Gasteiger partial charge in [-0.2, -0.15) is 0 Å². The molecule has 3 rings (SSSR count). The summed E-state index contributed by atoms with van der Waals surface area (Å²) in [6.45, 7) is 4.18. The van der Waals surface area contributed by atoms with Gasteiger partial charge in [-0.1, -0.05) is 11.6 Å². The number of nitrogens with one attached hydrogen (secondary N) is 1. The highest BCUT2D eigenvalue weighted by molar-refractivity contribution is 7.80. The van der Waals surface area contributed by atoms with E-state index in [1.807, 2.05) is 4.90 Å². The fourth-order valence-electron chi connectivity index (χ4n) is 3.85. The number of nitrogens with zero attached hydrogens (tertiary/aromatic N) is 2. The van der Waals surface area contributed by atoms with Gasteiger partial charge in [-0.05, 0) is 63.6 Å². The molecular formula is C18H29N3O2S. The summed E-state index contributed by atoms with van der Waals surface area (Å²) < 4.78 is 5.16. The fraction of sp³-hybridized carbons (Fsp3) is 0.778. The van der Waals surface area contributed by atoms with Crippen LogP contribution in [0.2, 0.25) is 0 Å². The van der Waals surface area contributed by atoms with Crippen LogP contribution in [-0.2, 0) is 4.74 Å². The molecule has 134 valence electrons. The summed E-state index contributed by atoms with van der Waals surface area (Å²) in [7, 11) is 0. The smallest absolute Gasteiger partial charge is 0.410 e. The van der Waals surface area contributed by atoms with E-state index >= 15 is 0 Å². The number of rotatable bonds is 4. The van der Waals surface area contributed by atoms with Crippen LogP contribution in [0.4, 0.5) is 4.79 Å². The summed E-state index contributed by atoms with van der Waals surface area (Å²) >= 11 is 5.55. The van der Waals surface area contributed by atoms with Crippen molar-refractivity contribution in [2.75, 3.05) is 32.8 Å². The van der Waals surface area contributed by atoms with Gasteiger partial charge in [0, 0.05) is 32.2 Å². The molecule has 0 atom stereocenters. The minimum absolute atomic E-state index is 0.138. The van der Waals surface area contributed by atoms with Crippen LogP contribution in [0.15, 0.2) is 11.6 Å². The fourth-order valence-corrected chi connectivity index (χ4v) is 4.14. The number of carbonyl (C=O) groups is 1. The summed E-state index contributed by atoms with van der Waals surface area (Å²) in [6.07, 6.45) is 11.4. The van der Waals surface area contributed by atoms with E-state index in [1.165, 1.54) is 25.7 Å². The molecule has 2 saturated heterocycles. The Kier molecular flexibility index (Phi) is 6.35. The molecule has 0 radical (unpaired) electrons. The second-order valence-corrected chi connectivity index (χ2v) is 7.36. The summed E-state index contributed by atoms with van der Waals surface area (Å²) in [5.41, 5.74) is 1.58. The minimum Gasteiger partial charge on any atom is -0.449 e. The first-order valence-corrected chi connectivity index (χ1v) is 9.79. The second kappa shape index (κ2) is 8.70. The summed E-state index contributed by atoms with van der Waals surface area (Å²) in [5, 5.41) is 4.28. The minimum atomic E-state index is -0.138. The third-order valence-corrected chi connectivity index (χ3v) is 5.71. The maximum atomic E-state index is 11.8. The zero-order valence-corrected chi connectivity index (χ0v) is 15.3. The van der Waals surface area contributed by atoms with Gasteiger partial charge in [0.25, 0.3) is 0 Å². The molecule has 6 heteroatoms. The molecule has 1 aliphatic carbocycles. The van der Waals surface area contributed by atoms with Crippen LogP contribution in [0.3, 0.4) is 0 Å². The van der Waals surface area contributed by atoms with Gasteiger partial charge in [-0.3, -0.25) is 0 Å². The molecule has 0 aromatic heterocycles. The summed E-state index contributed by atoms with van der Waals surface area (Å²) in [6, 6.07) is 0.309. The van der Waals surface area contributed by atoms with Crippen molar-refractivity contribution in [1.82, 2.24) is 15.1 Å². The zero-order chi connectivity index (χ0) is 16.8. The maximum absolute atomic E-state index is 11.8. The Labute approximate surface area is 150 Å². The molecule has 24 heavy (non-hydrogen) atoms. The van der Waals surface area contributed by atoms with Crippen molar-refractivity contribution in [3.05, 3.63) is 11.6 Å². The van der Waals surface area contributed by atoms with Crippen molar-refractivity contribution < 1.29 is 9.53 Å². The van der Waals surface area contributed by atoms with Gasteiger partial charge >= 0.3 is 6.09 Å². The molecule has 0 spiro atoms. The normalized spacial score (nSPS) is 22.8. The Morgan fingerprint density at radius 1 is 1.25 bits per heavy atom. The number of amides is 1. The molecule has 0 aromatic rings. The zero-order valence-electron chi connectivity index (χ0n) is 14.5. The Balaban J connectivity index is 1.37. The maximum Gasteiger partial charge on any atom is 0.410 e. The molecule has 0 bridgehead atoms. The molecule has 2 aliphatic heterocycles. The number of ether oxygens (including phenoxy) is 1. The summed E-state index contributed by atoms with van der Waals surface area (Å²) in [4.78, 5) is 16.0. The lowest BCUT2D eigenvalue weighted by molar-refractivity contribution is 0.0434. The molecule has 1 amide bonds. The number of likely N-dealkylation sites (tertiary alicyclic amines) is 1. The molecule has 0 saturated carbocycles. The van der Waals surface area contributed by atoms with Crippen LogP contribution in [-0.4, -0.2) is 59.8 Å². The Bertz CT molecular complexity index is 487. The third kappa shape index (κ3) is 4.62. The van der Waals surface area contributed by atoms with E-state index in [0.29, 0.717) is 12.6 Å². The first-order valence-electron chi connectivity index (χ1n) is 9.38. The number of piperidine rings is 1. The molecule has 0 unspecified atom stereocenters. The molecule has 5 nitrogen and oxygen atoms in total. The third-order valence-electron chi connectivity index (χ3n) is 5.30. The Morgan fingerprint density at radius 3 is 2.79 bits per heavy atom. The largest absolute Gasteiger partial charge is 0.449 e. The number of hydrogen-bond donors (Lipinski definition) is 1. The first-order chi connectivity index (χ1) is 11.7. The first kappa shape index (κ1) is 17.5. The summed E-state index contributed by atoms with van der Waals surface area (Å²) in [5.74, 6) is 0. The number of thiocarbonyl (C=S) groups is 1. The predicted octanol–water partition coefficient (Wildman–Crippen LogP) is 3.06. The van der Waals surface area contributed by atoms with Crippen molar-refractivity contribution in [1.29, 1.82) is 0 Å². The van der Waals surface area contributed by atoms with Crippen molar-refractivity contribution in [3.8, 4) is 0 Å². The van der Waals surface area contributed by atoms with E-state index in [0.717, 1.165) is 57.0 Å². The number of allylic oxidation sites excluding steroid dienone is 1. The van der Waals surface area contributed by atoms with Crippen molar-refractivity contribution in [3.63, 3.8) is 0 Å². The van der Waals surface area contributed by atoms with E-state index in [-0.39, 0.29) is 6.09 Å². The molecule has 2 fully saturated rings. The second-order valence-electron chi connectivity index (χ2n) is 6.97. The van der Waals surface area contributed by atoms with Crippen LogP contribution in [0, 0.1) is 0 Å². The highest BCUT2D eigenvalue weighted by atomic mass is 32.1. The van der Waals surface area contributed by atoms with Gasteiger partial charge < -0.3 is 19.9 Å². The number of carbonyl (C=O) groups excluding carboxylic acids is 1. The van der Waals surface area contributed by atoms with Crippen molar-refractivity contribution >= 4 is 23.4 Å². The predicted molar refractivity (Wildman–Crippen MR) is 99.0 cm³/mol. The number of cyclic esters (lactones) is 1. The number of hydrogen-bond acceptors (Lipinski definition) is 3. The van der Waals surface area contributed by atoms with Crippen LogP contribution in [0.1, 0.15) is 51.4 Å². The Morgan fingerprint density at radius 2 is 2.08 bits per heavy atom. The lowest BCUT2D eigenvalue weighted by atomic mass is 9.97. The van der Waals surface area contributed by atoms with E-state index in [9.17, 15) is 4.79 Å². The van der Waals surface area contributed by atoms with Crippen LogP contribution in [0.25, 0.3) is 0 Å². The van der Waals surface area contributed by atoms with Gasteiger partial charge in [-0.15, -0.1) is 0 Å². The monoisotopic (exact) mass is 351 g/mol. The van der Waals surface area contributed by atoms with E-state index in [1.54, 1.807) is 5.57 Å². The molecule has 0 aromatic carbocycles. The van der Waals surface area contributed by atoms with E-state index in [2.05, 4.69) is 16.3 Å². The van der Waals surface area contributed by atoms with E-state index < -0.39 is 0 Å². The van der Waals surface area contributed by atoms with Gasteiger partial charge in [-0.25, -0.2) is 4.79 Å². The highest BCUT2D eigenvalue weighted by Crippen LogP contribution is 2.21. The van der Waals surface area contributed by atoms with Gasteiger partial charge in [0.2, 0.25) is 0 Å². The molecule has 2 heterocycles. The molecule has 1 N–H and O–H groups in total. The standard InChI is InChI=1S/C18H29N3O2S/c22-18-21(11-4-14-23-18)16-8-12-20(13-9-16)17(24)19-10-7-15-5-2-1-3-6-15/h5,16H,1-4,6-14H2,(H,19,24). The average Bonchev–Trinajstić information content (AvgIpc) is 2.63. The van der Waals surface area contributed by atoms with Gasteiger partial charge in [0.05, 0.1) is 6.61 Å². The van der Waals surface area contributed by atoms with Crippen LogP contribution < -0.4 is 5.32 Å². The van der Waals surface area contributed by atoms with Crippen molar-refractivity contribution in [2.45, 2.75) is 57.4 Å². The van der Waals surface area contributed by atoms with Crippen LogP contribution in [0.5, 0.6) is 0 Å².